The molecule has 1 aromatic carbocycles. The number of hydroxylamine groups is 1. The molecule has 0 radical (unpaired) electrons. The van der Waals surface area contributed by atoms with Gasteiger partial charge in [0.1, 0.15) is 11.5 Å². The Labute approximate surface area is 113 Å². The Balaban J connectivity index is 2.33. The fourth-order valence-corrected chi connectivity index (χ4v) is 1.19. The van der Waals surface area contributed by atoms with E-state index in [1.807, 2.05) is 27.7 Å². The van der Waals surface area contributed by atoms with Crippen LogP contribution in [0.1, 0.15) is 27.7 Å². The van der Waals surface area contributed by atoms with E-state index in [1.165, 1.54) is 0 Å². The van der Waals surface area contributed by atoms with Crippen LogP contribution in [0.5, 0.6) is 11.5 Å². The number of carbonyl (C=O) groups excluding carboxylic acids is 1. The first-order chi connectivity index (χ1) is 8.90. The number of hydrogen-bond donors (Lipinski definition) is 1. The number of benzene rings is 1. The van der Waals surface area contributed by atoms with Crippen molar-refractivity contribution in [1.29, 1.82) is 0 Å². The van der Waals surface area contributed by atoms with Gasteiger partial charge in [0.25, 0.3) is 5.91 Å². The molecule has 106 valence electrons. The molecule has 0 fully saturated rings. The molecule has 0 saturated heterocycles. The van der Waals surface area contributed by atoms with Crippen molar-refractivity contribution in [1.82, 2.24) is 5.48 Å². The molecule has 5 heteroatoms. The molecule has 19 heavy (non-hydrogen) atoms. The second-order valence-electron chi connectivity index (χ2n) is 4.93. The largest absolute Gasteiger partial charge is 0.494 e. The molecule has 0 saturated carbocycles. The summed E-state index contributed by atoms with van der Waals surface area (Å²) in [6.45, 7) is 7.99. The standard InChI is InChI=1S/C14H21NO4/c1-5-17-11-6-8-12(9-7-11)18-10-13(16)15-19-14(2,3)4/h6-9H,5,10H2,1-4H3,(H,15,16). The highest BCUT2D eigenvalue weighted by Crippen LogP contribution is 2.17. The minimum absolute atomic E-state index is 0.0932. The lowest BCUT2D eigenvalue weighted by molar-refractivity contribution is -0.147. The zero-order valence-electron chi connectivity index (χ0n) is 11.9. The van der Waals surface area contributed by atoms with Crippen LogP contribution in [0.2, 0.25) is 0 Å². The molecular formula is C14H21NO4. The Bertz CT molecular complexity index is 395. The molecule has 0 spiro atoms. The van der Waals surface area contributed by atoms with Crippen LogP contribution in [-0.2, 0) is 9.63 Å². The van der Waals surface area contributed by atoms with Crippen LogP contribution in [0, 0.1) is 0 Å². The van der Waals surface area contributed by atoms with E-state index in [2.05, 4.69) is 5.48 Å². The van der Waals surface area contributed by atoms with Gasteiger partial charge < -0.3 is 9.47 Å². The first-order valence-electron chi connectivity index (χ1n) is 6.23. The summed E-state index contributed by atoms with van der Waals surface area (Å²) >= 11 is 0. The van der Waals surface area contributed by atoms with Crippen molar-refractivity contribution in [2.24, 2.45) is 0 Å². The van der Waals surface area contributed by atoms with Crippen molar-refractivity contribution < 1.29 is 19.1 Å². The molecular weight excluding hydrogens is 246 g/mol. The molecule has 0 heterocycles. The Morgan fingerprint density at radius 1 is 1.11 bits per heavy atom. The monoisotopic (exact) mass is 267 g/mol. The number of amides is 1. The lowest BCUT2D eigenvalue weighted by atomic mass is 10.2. The van der Waals surface area contributed by atoms with Crippen molar-refractivity contribution in [3.05, 3.63) is 24.3 Å². The predicted molar refractivity (Wildman–Crippen MR) is 72.1 cm³/mol. The summed E-state index contributed by atoms with van der Waals surface area (Å²) in [6.07, 6.45) is 0. The van der Waals surface area contributed by atoms with Crippen LogP contribution in [0.4, 0.5) is 0 Å². The van der Waals surface area contributed by atoms with Crippen LogP contribution in [-0.4, -0.2) is 24.7 Å². The van der Waals surface area contributed by atoms with Gasteiger partial charge in [-0.2, -0.15) is 0 Å². The molecule has 0 unspecified atom stereocenters. The lowest BCUT2D eigenvalue weighted by Gasteiger charge is -2.18. The average molecular weight is 267 g/mol. The molecule has 0 aromatic heterocycles. The van der Waals surface area contributed by atoms with E-state index in [-0.39, 0.29) is 12.5 Å². The van der Waals surface area contributed by atoms with Gasteiger partial charge in [-0.15, -0.1) is 0 Å². The summed E-state index contributed by atoms with van der Waals surface area (Å²) in [6, 6.07) is 7.09. The zero-order valence-corrected chi connectivity index (χ0v) is 11.9. The van der Waals surface area contributed by atoms with Gasteiger partial charge in [0.2, 0.25) is 0 Å². The highest BCUT2D eigenvalue weighted by Gasteiger charge is 2.13. The SMILES string of the molecule is CCOc1ccc(OCC(=O)NOC(C)(C)C)cc1. The number of rotatable bonds is 6. The third-order valence-electron chi connectivity index (χ3n) is 1.98. The fourth-order valence-electron chi connectivity index (χ4n) is 1.19. The number of nitrogens with one attached hydrogen (secondary N) is 1. The van der Waals surface area contributed by atoms with Crippen LogP contribution in [0.3, 0.4) is 0 Å². The summed E-state index contributed by atoms with van der Waals surface area (Å²) in [5, 5.41) is 0. The van der Waals surface area contributed by atoms with E-state index >= 15 is 0 Å². The molecule has 1 aromatic rings. The van der Waals surface area contributed by atoms with E-state index < -0.39 is 5.60 Å². The summed E-state index contributed by atoms with van der Waals surface area (Å²) in [5.41, 5.74) is 1.91. The second-order valence-corrected chi connectivity index (χ2v) is 4.93. The lowest BCUT2D eigenvalue weighted by Crippen LogP contribution is -2.36. The smallest absolute Gasteiger partial charge is 0.281 e. The van der Waals surface area contributed by atoms with Crippen molar-refractivity contribution in [2.45, 2.75) is 33.3 Å². The maximum Gasteiger partial charge on any atom is 0.281 e. The van der Waals surface area contributed by atoms with Crippen LogP contribution in [0.15, 0.2) is 24.3 Å². The summed E-state index contributed by atoms with van der Waals surface area (Å²) < 4.78 is 10.6. The minimum Gasteiger partial charge on any atom is -0.494 e. The van der Waals surface area contributed by atoms with Crippen molar-refractivity contribution in [2.75, 3.05) is 13.2 Å². The van der Waals surface area contributed by atoms with Gasteiger partial charge >= 0.3 is 0 Å². The van der Waals surface area contributed by atoms with E-state index in [4.69, 9.17) is 14.3 Å². The Morgan fingerprint density at radius 2 is 1.63 bits per heavy atom. The van der Waals surface area contributed by atoms with Crippen molar-refractivity contribution in [3.63, 3.8) is 0 Å². The predicted octanol–water partition coefficient (Wildman–Crippen LogP) is 2.31. The van der Waals surface area contributed by atoms with Crippen LogP contribution < -0.4 is 15.0 Å². The quantitative estimate of drug-likeness (QED) is 0.804. The van der Waals surface area contributed by atoms with Crippen molar-refractivity contribution in [3.8, 4) is 11.5 Å². The Kier molecular flexibility index (Phi) is 5.63. The summed E-state index contributed by atoms with van der Waals surface area (Å²) in [5.74, 6) is 1.05. The first-order valence-corrected chi connectivity index (χ1v) is 6.23. The Hall–Kier alpha value is -1.75. The maximum atomic E-state index is 11.4. The van der Waals surface area contributed by atoms with Gasteiger partial charge in [0.05, 0.1) is 12.2 Å². The number of hydrogen-bond acceptors (Lipinski definition) is 4. The summed E-state index contributed by atoms with van der Waals surface area (Å²) in [7, 11) is 0. The molecule has 5 nitrogen and oxygen atoms in total. The molecule has 1 rings (SSSR count). The van der Waals surface area contributed by atoms with E-state index in [0.717, 1.165) is 5.75 Å². The third-order valence-corrected chi connectivity index (χ3v) is 1.98. The molecule has 0 aliphatic heterocycles. The highest BCUT2D eigenvalue weighted by atomic mass is 16.7. The van der Waals surface area contributed by atoms with Gasteiger partial charge in [-0.25, -0.2) is 5.48 Å². The van der Waals surface area contributed by atoms with Gasteiger partial charge in [0, 0.05) is 0 Å². The Morgan fingerprint density at radius 3 is 2.11 bits per heavy atom. The highest BCUT2D eigenvalue weighted by molar-refractivity contribution is 5.76. The van der Waals surface area contributed by atoms with Gasteiger partial charge in [-0.3, -0.25) is 9.63 Å². The van der Waals surface area contributed by atoms with Gasteiger partial charge in [-0.1, -0.05) is 0 Å². The third kappa shape index (κ3) is 6.67. The number of ether oxygens (including phenoxy) is 2. The first kappa shape index (κ1) is 15.3. The molecule has 0 bridgehead atoms. The van der Waals surface area contributed by atoms with E-state index in [0.29, 0.717) is 12.4 Å². The topological polar surface area (TPSA) is 56.8 Å². The molecule has 0 aliphatic rings. The van der Waals surface area contributed by atoms with Crippen LogP contribution >= 0.6 is 0 Å². The summed E-state index contributed by atoms with van der Waals surface area (Å²) in [4.78, 5) is 16.6. The zero-order chi connectivity index (χ0) is 14.3. The normalized spacial score (nSPS) is 10.9. The molecule has 0 atom stereocenters. The fraction of sp³-hybridized carbons (Fsp3) is 0.500. The van der Waals surface area contributed by atoms with E-state index in [9.17, 15) is 4.79 Å². The average Bonchev–Trinajstić information content (AvgIpc) is 2.35. The number of carbonyl (C=O) groups is 1. The van der Waals surface area contributed by atoms with Crippen LogP contribution in [0.25, 0.3) is 0 Å². The molecule has 0 aliphatic carbocycles. The molecule has 1 amide bonds. The maximum absolute atomic E-state index is 11.4. The van der Waals surface area contributed by atoms with Gasteiger partial charge in [-0.05, 0) is 52.0 Å². The van der Waals surface area contributed by atoms with Gasteiger partial charge in [0.15, 0.2) is 6.61 Å². The molecule has 1 N–H and O–H groups in total. The minimum atomic E-state index is -0.422. The second kappa shape index (κ2) is 6.99. The van der Waals surface area contributed by atoms with E-state index in [1.54, 1.807) is 24.3 Å². The van der Waals surface area contributed by atoms with Crippen molar-refractivity contribution >= 4 is 5.91 Å².